The number of aromatic nitrogens is 2. The summed E-state index contributed by atoms with van der Waals surface area (Å²) >= 11 is 8.96. The normalized spacial score (nSPS) is 10.6. The van der Waals surface area contributed by atoms with Gasteiger partial charge in [-0.05, 0) is 48.5 Å². The molecule has 1 N–H and O–H groups in total. The van der Waals surface area contributed by atoms with E-state index in [1.54, 1.807) is 60.2 Å². The molecule has 2 aromatic heterocycles. The highest BCUT2D eigenvalue weighted by Gasteiger charge is 2.17. The summed E-state index contributed by atoms with van der Waals surface area (Å²) in [4.78, 5) is 20.9. The van der Waals surface area contributed by atoms with E-state index in [2.05, 4.69) is 15.3 Å². The summed E-state index contributed by atoms with van der Waals surface area (Å²) in [5.74, 6) is 1.18. The fourth-order valence-electron chi connectivity index (χ4n) is 2.17. The highest BCUT2D eigenvalue weighted by atomic mass is 35.5. The van der Waals surface area contributed by atoms with Gasteiger partial charge in [-0.15, -0.1) is 23.5 Å². The van der Waals surface area contributed by atoms with E-state index in [0.717, 1.165) is 10.1 Å². The van der Waals surface area contributed by atoms with E-state index >= 15 is 0 Å². The Morgan fingerprint density at radius 1 is 0.929 bits per heavy atom. The second-order valence-corrected chi connectivity index (χ2v) is 8.13. The number of nitrogens with one attached hydrogen (secondary N) is 1. The summed E-state index contributed by atoms with van der Waals surface area (Å²) in [7, 11) is 0. The van der Waals surface area contributed by atoms with Crippen LogP contribution >= 0.6 is 35.1 Å². The molecule has 5 nitrogen and oxygen atoms in total. The van der Waals surface area contributed by atoms with Crippen LogP contribution in [-0.4, -0.2) is 33.7 Å². The Morgan fingerprint density at radius 3 is 2.00 bits per heavy atom. The monoisotopic (exact) mass is 431 g/mol. The summed E-state index contributed by atoms with van der Waals surface area (Å²) in [6.07, 6.45) is 2.67. The van der Waals surface area contributed by atoms with Crippen LogP contribution in [0.15, 0.2) is 83.1 Å². The summed E-state index contributed by atoms with van der Waals surface area (Å²) in [5.41, 5.74) is 0.628. The summed E-state index contributed by atoms with van der Waals surface area (Å²) < 4.78 is 5.65. The molecule has 1 amide bonds. The molecule has 0 fully saturated rings. The third kappa shape index (κ3) is 7.07. The maximum Gasteiger partial charge on any atom is 0.411 e. The second-order valence-electron chi connectivity index (χ2n) is 5.62. The summed E-state index contributed by atoms with van der Waals surface area (Å²) in [6.45, 7) is 0. The number of nitrogens with zero attached hydrogens (tertiary/aromatic N) is 2. The van der Waals surface area contributed by atoms with E-state index in [9.17, 15) is 4.79 Å². The van der Waals surface area contributed by atoms with E-state index in [1.807, 2.05) is 36.4 Å². The molecular weight excluding hydrogens is 414 g/mol. The van der Waals surface area contributed by atoms with Gasteiger partial charge in [-0.1, -0.05) is 23.7 Å². The quantitative estimate of drug-likeness (QED) is 0.466. The highest BCUT2D eigenvalue weighted by molar-refractivity contribution is 8.00. The van der Waals surface area contributed by atoms with E-state index in [1.165, 1.54) is 0 Å². The molecule has 0 aliphatic heterocycles. The van der Waals surface area contributed by atoms with Gasteiger partial charge in [0.15, 0.2) is 0 Å². The number of anilines is 1. The Hall–Kier alpha value is -2.22. The van der Waals surface area contributed by atoms with Gasteiger partial charge in [0.2, 0.25) is 0 Å². The predicted molar refractivity (Wildman–Crippen MR) is 115 cm³/mol. The molecule has 3 aromatic rings. The first-order valence-electron chi connectivity index (χ1n) is 8.50. The molecule has 28 heavy (non-hydrogen) atoms. The predicted octanol–water partition coefficient (Wildman–Crippen LogP) is 5.63. The van der Waals surface area contributed by atoms with Crippen molar-refractivity contribution >= 4 is 46.9 Å². The number of ether oxygens (including phenoxy) is 1. The lowest BCUT2D eigenvalue weighted by Gasteiger charge is -2.17. The molecule has 0 saturated heterocycles. The minimum absolute atomic E-state index is 0.314. The van der Waals surface area contributed by atoms with Crippen molar-refractivity contribution in [2.45, 2.75) is 16.2 Å². The molecule has 0 aliphatic rings. The summed E-state index contributed by atoms with van der Waals surface area (Å²) in [5, 5.41) is 5.11. The Balaban J connectivity index is 1.58. The van der Waals surface area contributed by atoms with Gasteiger partial charge in [0.25, 0.3) is 0 Å². The maximum atomic E-state index is 12.3. The van der Waals surface area contributed by atoms with Crippen molar-refractivity contribution in [2.75, 3.05) is 16.8 Å². The van der Waals surface area contributed by atoms with Crippen molar-refractivity contribution in [1.29, 1.82) is 0 Å². The van der Waals surface area contributed by atoms with Gasteiger partial charge in [-0.25, -0.2) is 14.8 Å². The van der Waals surface area contributed by atoms with E-state index in [0.29, 0.717) is 22.2 Å². The molecule has 0 saturated carbocycles. The van der Waals surface area contributed by atoms with Crippen LogP contribution in [-0.2, 0) is 4.74 Å². The van der Waals surface area contributed by atoms with Crippen LogP contribution in [0.25, 0.3) is 0 Å². The largest absolute Gasteiger partial charge is 0.444 e. The zero-order valence-electron chi connectivity index (χ0n) is 14.8. The number of amides is 1. The molecule has 0 unspecified atom stereocenters. The van der Waals surface area contributed by atoms with Crippen LogP contribution in [0.3, 0.4) is 0 Å². The Labute approximate surface area is 177 Å². The van der Waals surface area contributed by atoms with E-state index in [4.69, 9.17) is 16.3 Å². The molecule has 0 aliphatic carbocycles. The van der Waals surface area contributed by atoms with Crippen LogP contribution in [0.1, 0.15) is 0 Å². The lowest BCUT2D eigenvalue weighted by Crippen LogP contribution is -2.26. The van der Waals surface area contributed by atoms with Crippen molar-refractivity contribution in [3.8, 4) is 0 Å². The second kappa shape index (κ2) is 10.9. The average molecular weight is 432 g/mol. The SMILES string of the molecule is O=C(Nc1ccc(Cl)cc1)OC(CSc1ccccn1)CSc1ccccn1. The third-order valence-electron chi connectivity index (χ3n) is 3.47. The number of hydrogen-bond acceptors (Lipinski definition) is 6. The van der Waals surface area contributed by atoms with Crippen molar-refractivity contribution in [3.63, 3.8) is 0 Å². The Bertz CT molecular complexity index is 824. The molecule has 0 bridgehead atoms. The number of carbonyl (C=O) groups excluding carboxylic acids is 1. The first-order chi connectivity index (χ1) is 13.7. The molecule has 0 spiro atoms. The van der Waals surface area contributed by atoms with Gasteiger partial charge in [0, 0.05) is 34.6 Å². The van der Waals surface area contributed by atoms with Gasteiger partial charge in [-0.3, -0.25) is 5.32 Å². The van der Waals surface area contributed by atoms with Gasteiger partial charge in [0.05, 0.1) is 10.1 Å². The number of rotatable bonds is 8. The standard InChI is InChI=1S/C20H18ClN3O2S2/c21-15-7-9-16(10-8-15)24-20(25)26-17(13-27-18-5-1-3-11-22-18)14-28-19-6-2-4-12-23-19/h1-12,17H,13-14H2,(H,24,25). The molecular formula is C20H18ClN3O2S2. The van der Waals surface area contributed by atoms with Gasteiger partial charge in [-0.2, -0.15) is 0 Å². The van der Waals surface area contributed by atoms with E-state index < -0.39 is 6.09 Å². The van der Waals surface area contributed by atoms with Crippen LogP contribution in [0.5, 0.6) is 0 Å². The third-order valence-corrected chi connectivity index (χ3v) is 5.88. The molecule has 0 atom stereocenters. The zero-order chi connectivity index (χ0) is 19.6. The number of carbonyl (C=O) groups is 1. The maximum absolute atomic E-state index is 12.3. The van der Waals surface area contributed by atoms with Crippen LogP contribution in [0.4, 0.5) is 10.5 Å². The lowest BCUT2D eigenvalue weighted by atomic mass is 10.3. The minimum Gasteiger partial charge on any atom is -0.444 e. The fourth-order valence-corrected chi connectivity index (χ4v) is 4.15. The van der Waals surface area contributed by atoms with Gasteiger partial charge in [0.1, 0.15) is 6.10 Å². The fraction of sp³-hybridized carbons (Fsp3) is 0.150. The smallest absolute Gasteiger partial charge is 0.411 e. The van der Waals surface area contributed by atoms with Crippen molar-refractivity contribution in [2.24, 2.45) is 0 Å². The average Bonchev–Trinajstić information content (AvgIpc) is 2.73. The number of halogens is 1. The first-order valence-corrected chi connectivity index (χ1v) is 10.8. The Kier molecular flexibility index (Phi) is 8.02. The number of benzene rings is 1. The topological polar surface area (TPSA) is 64.1 Å². The Morgan fingerprint density at radius 2 is 1.50 bits per heavy atom. The van der Waals surface area contributed by atoms with E-state index in [-0.39, 0.29) is 6.10 Å². The lowest BCUT2D eigenvalue weighted by molar-refractivity contribution is 0.134. The number of pyridine rings is 2. The van der Waals surface area contributed by atoms with Crippen molar-refractivity contribution in [1.82, 2.24) is 9.97 Å². The van der Waals surface area contributed by atoms with Crippen LogP contribution in [0, 0.1) is 0 Å². The van der Waals surface area contributed by atoms with Gasteiger partial charge >= 0.3 is 6.09 Å². The molecule has 144 valence electrons. The molecule has 8 heteroatoms. The number of thioether (sulfide) groups is 2. The molecule has 3 rings (SSSR count). The van der Waals surface area contributed by atoms with Crippen LogP contribution in [0.2, 0.25) is 5.02 Å². The zero-order valence-corrected chi connectivity index (χ0v) is 17.2. The van der Waals surface area contributed by atoms with Crippen molar-refractivity contribution < 1.29 is 9.53 Å². The molecule has 0 radical (unpaired) electrons. The molecule has 1 aromatic carbocycles. The van der Waals surface area contributed by atoms with Crippen LogP contribution < -0.4 is 5.32 Å². The summed E-state index contributed by atoms with van der Waals surface area (Å²) in [6, 6.07) is 18.3. The van der Waals surface area contributed by atoms with Crippen molar-refractivity contribution in [3.05, 3.63) is 78.1 Å². The van der Waals surface area contributed by atoms with Gasteiger partial charge < -0.3 is 4.74 Å². The molecule has 2 heterocycles. The number of hydrogen-bond donors (Lipinski definition) is 1. The first kappa shape index (κ1) is 20.5. The highest BCUT2D eigenvalue weighted by Crippen LogP contribution is 2.22. The minimum atomic E-state index is -0.504.